The van der Waals surface area contributed by atoms with Crippen LogP contribution in [-0.2, 0) is 17.6 Å². The van der Waals surface area contributed by atoms with E-state index in [1.807, 2.05) is 19.1 Å². The molecule has 6 nitrogen and oxygen atoms in total. The molecule has 2 N–H and O–H groups in total. The van der Waals surface area contributed by atoms with Crippen molar-refractivity contribution in [1.29, 1.82) is 0 Å². The van der Waals surface area contributed by atoms with Crippen molar-refractivity contribution in [1.82, 2.24) is 5.32 Å². The third-order valence-electron chi connectivity index (χ3n) is 4.71. The molecule has 0 unspecified atom stereocenters. The fraction of sp³-hybridized carbons (Fsp3) is 0.429. The van der Waals surface area contributed by atoms with Gasteiger partial charge < -0.3 is 20.1 Å². The van der Waals surface area contributed by atoms with E-state index in [1.165, 1.54) is 16.2 Å². The Morgan fingerprint density at radius 2 is 1.89 bits per heavy atom. The van der Waals surface area contributed by atoms with E-state index in [0.717, 1.165) is 31.2 Å². The molecule has 0 radical (unpaired) electrons. The molecule has 1 atom stereocenters. The Hall–Kier alpha value is -2.54. The molecule has 0 bridgehead atoms. The Balaban J connectivity index is 1.79. The van der Waals surface area contributed by atoms with Gasteiger partial charge in [-0.1, -0.05) is 12.1 Å². The maximum absolute atomic E-state index is 12.8. The number of carbonyl (C=O) groups is 2. The van der Waals surface area contributed by atoms with Gasteiger partial charge in [0.1, 0.15) is 5.00 Å². The summed E-state index contributed by atoms with van der Waals surface area (Å²) in [5, 5.41) is 6.39. The summed E-state index contributed by atoms with van der Waals surface area (Å²) in [5.41, 5.74) is 1.69. The van der Waals surface area contributed by atoms with Crippen molar-refractivity contribution >= 4 is 28.2 Å². The first kappa shape index (κ1) is 20.2. The van der Waals surface area contributed by atoms with E-state index in [-0.39, 0.29) is 11.8 Å². The number of thiophene rings is 1. The van der Waals surface area contributed by atoms with Crippen LogP contribution in [0.2, 0.25) is 0 Å². The highest BCUT2D eigenvalue weighted by molar-refractivity contribution is 7.17. The molecule has 7 heteroatoms. The van der Waals surface area contributed by atoms with Gasteiger partial charge >= 0.3 is 0 Å². The average molecular weight is 403 g/mol. The lowest BCUT2D eigenvalue weighted by molar-refractivity contribution is -0.122. The molecule has 0 saturated heterocycles. The van der Waals surface area contributed by atoms with Crippen molar-refractivity contribution < 1.29 is 19.1 Å². The predicted molar refractivity (Wildman–Crippen MR) is 111 cm³/mol. The molecule has 2 aromatic rings. The number of anilines is 1. The van der Waals surface area contributed by atoms with Crippen LogP contribution >= 0.6 is 11.3 Å². The van der Waals surface area contributed by atoms with Gasteiger partial charge in [-0.05, 0) is 57.2 Å². The van der Waals surface area contributed by atoms with E-state index >= 15 is 0 Å². The van der Waals surface area contributed by atoms with Crippen molar-refractivity contribution in [3.8, 4) is 11.5 Å². The number of benzene rings is 1. The second-order valence-electron chi connectivity index (χ2n) is 6.67. The molecule has 0 aliphatic heterocycles. The zero-order valence-corrected chi connectivity index (χ0v) is 17.3. The highest BCUT2D eigenvalue weighted by Gasteiger charge is 2.27. The van der Waals surface area contributed by atoms with Gasteiger partial charge in [0.25, 0.3) is 11.8 Å². The molecule has 1 aliphatic rings. The van der Waals surface area contributed by atoms with Crippen molar-refractivity contribution in [2.75, 3.05) is 19.0 Å². The summed E-state index contributed by atoms with van der Waals surface area (Å²) in [6, 6.07) is 7.20. The van der Waals surface area contributed by atoms with Crippen LogP contribution in [0.4, 0.5) is 5.00 Å². The summed E-state index contributed by atoms with van der Waals surface area (Å²) < 4.78 is 11.1. The lowest BCUT2D eigenvalue weighted by Gasteiger charge is -2.17. The molecule has 3 rings (SSSR count). The van der Waals surface area contributed by atoms with E-state index in [2.05, 4.69) is 10.6 Å². The first-order valence-corrected chi connectivity index (χ1v) is 10.4. The Morgan fingerprint density at radius 1 is 1.18 bits per heavy atom. The van der Waals surface area contributed by atoms with Crippen LogP contribution < -0.4 is 20.1 Å². The number of carbonyl (C=O) groups excluding carboxylic acids is 2. The fourth-order valence-corrected chi connectivity index (χ4v) is 4.61. The Kier molecular flexibility index (Phi) is 6.57. The molecule has 1 aromatic carbocycles. The topological polar surface area (TPSA) is 76.7 Å². The molecule has 0 spiro atoms. The SMILES string of the molecule is CCNC(=O)c1c(NC(=O)[C@@H](C)Oc2ccccc2OC)sc2c1CCCC2. The minimum absolute atomic E-state index is 0.129. The molecular formula is C21H26N2O4S. The van der Waals surface area contributed by atoms with Crippen molar-refractivity contribution in [3.05, 3.63) is 40.3 Å². The van der Waals surface area contributed by atoms with Crippen LogP contribution in [0.25, 0.3) is 0 Å². The summed E-state index contributed by atoms with van der Waals surface area (Å²) in [4.78, 5) is 26.6. The first-order chi connectivity index (χ1) is 13.5. The first-order valence-electron chi connectivity index (χ1n) is 9.58. The second kappa shape index (κ2) is 9.10. The summed E-state index contributed by atoms with van der Waals surface area (Å²) in [6.45, 7) is 4.11. The number of fused-ring (bicyclic) bond motifs is 1. The monoisotopic (exact) mass is 402 g/mol. The highest BCUT2D eigenvalue weighted by atomic mass is 32.1. The maximum Gasteiger partial charge on any atom is 0.265 e. The molecule has 0 fully saturated rings. The number of rotatable bonds is 7. The Labute approximate surface area is 169 Å². The number of para-hydroxylation sites is 2. The van der Waals surface area contributed by atoms with Crippen LogP contribution in [-0.4, -0.2) is 31.6 Å². The molecule has 1 heterocycles. The van der Waals surface area contributed by atoms with Crippen LogP contribution in [0.3, 0.4) is 0 Å². The van der Waals surface area contributed by atoms with Gasteiger partial charge in [0.15, 0.2) is 17.6 Å². The van der Waals surface area contributed by atoms with E-state index in [4.69, 9.17) is 9.47 Å². The Bertz CT molecular complexity index is 862. The van der Waals surface area contributed by atoms with Crippen molar-refractivity contribution in [2.45, 2.75) is 45.6 Å². The quantitative estimate of drug-likeness (QED) is 0.739. The van der Waals surface area contributed by atoms with E-state index in [1.54, 1.807) is 26.2 Å². The van der Waals surface area contributed by atoms with Gasteiger partial charge in [-0.25, -0.2) is 0 Å². The molecule has 0 saturated carbocycles. The van der Waals surface area contributed by atoms with Crippen LogP contribution in [0.1, 0.15) is 47.5 Å². The van der Waals surface area contributed by atoms with Gasteiger partial charge in [0.2, 0.25) is 0 Å². The summed E-state index contributed by atoms with van der Waals surface area (Å²) in [6.07, 6.45) is 3.27. The smallest absolute Gasteiger partial charge is 0.265 e. The van der Waals surface area contributed by atoms with E-state index < -0.39 is 6.10 Å². The number of methoxy groups -OCH3 is 1. The lowest BCUT2D eigenvalue weighted by atomic mass is 9.95. The number of hydrogen-bond acceptors (Lipinski definition) is 5. The van der Waals surface area contributed by atoms with Crippen LogP contribution in [0.5, 0.6) is 11.5 Å². The van der Waals surface area contributed by atoms with Gasteiger partial charge in [-0.3, -0.25) is 9.59 Å². The van der Waals surface area contributed by atoms with E-state index in [0.29, 0.717) is 28.6 Å². The third-order valence-corrected chi connectivity index (χ3v) is 5.92. The fourth-order valence-electron chi connectivity index (χ4n) is 3.32. The zero-order chi connectivity index (χ0) is 20.1. The standard InChI is InChI=1S/C21H26N2O4S/c1-4-22-20(25)18-14-9-5-8-12-17(14)28-21(18)23-19(24)13(2)27-16-11-7-6-10-15(16)26-3/h6-7,10-11,13H,4-5,8-9,12H2,1-3H3,(H,22,25)(H,23,24)/t13-/m1/s1. The minimum atomic E-state index is -0.738. The summed E-state index contributed by atoms with van der Waals surface area (Å²) in [7, 11) is 1.56. The lowest BCUT2D eigenvalue weighted by Crippen LogP contribution is -2.31. The van der Waals surface area contributed by atoms with Gasteiger partial charge in [0, 0.05) is 11.4 Å². The molecule has 2 amide bonds. The van der Waals surface area contributed by atoms with Gasteiger partial charge in [-0.15, -0.1) is 11.3 Å². The molecule has 28 heavy (non-hydrogen) atoms. The average Bonchev–Trinajstić information content (AvgIpc) is 3.06. The number of nitrogens with one attached hydrogen (secondary N) is 2. The summed E-state index contributed by atoms with van der Waals surface area (Å²) in [5.74, 6) is 0.643. The maximum atomic E-state index is 12.8. The zero-order valence-electron chi connectivity index (χ0n) is 16.5. The van der Waals surface area contributed by atoms with Gasteiger partial charge in [-0.2, -0.15) is 0 Å². The number of hydrogen-bond donors (Lipinski definition) is 2. The summed E-state index contributed by atoms with van der Waals surface area (Å²) >= 11 is 1.50. The molecule has 1 aliphatic carbocycles. The third kappa shape index (κ3) is 4.30. The number of amides is 2. The van der Waals surface area contributed by atoms with Crippen LogP contribution in [0, 0.1) is 0 Å². The molecule has 150 valence electrons. The number of ether oxygens (including phenoxy) is 2. The van der Waals surface area contributed by atoms with Gasteiger partial charge in [0.05, 0.1) is 12.7 Å². The highest BCUT2D eigenvalue weighted by Crippen LogP contribution is 2.38. The molecule has 1 aromatic heterocycles. The van der Waals surface area contributed by atoms with Crippen molar-refractivity contribution in [3.63, 3.8) is 0 Å². The molecular weight excluding hydrogens is 376 g/mol. The number of aryl methyl sites for hydroxylation is 1. The predicted octanol–water partition coefficient (Wildman–Crippen LogP) is 3.79. The second-order valence-corrected chi connectivity index (χ2v) is 7.78. The Morgan fingerprint density at radius 3 is 2.61 bits per heavy atom. The van der Waals surface area contributed by atoms with Crippen molar-refractivity contribution in [2.24, 2.45) is 0 Å². The van der Waals surface area contributed by atoms with E-state index in [9.17, 15) is 9.59 Å². The minimum Gasteiger partial charge on any atom is -0.493 e. The normalized spacial score (nSPS) is 14.0. The largest absolute Gasteiger partial charge is 0.493 e. The van der Waals surface area contributed by atoms with Crippen LogP contribution in [0.15, 0.2) is 24.3 Å².